The van der Waals surface area contributed by atoms with E-state index in [0.29, 0.717) is 21.9 Å². The van der Waals surface area contributed by atoms with Crippen LogP contribution >= 0.6 is 27.7 Å². The molecule has 0 aromatic heterocycles. The van der Waals surface area contributed by atoms with Crippen molar-refractivity contribution < 1.29 is 9.18 Å². The van der Waals surface area contributed by atoms with Gasteiger partial charge in [0.2, 0.25) is 0 Å². The highest BCUT2D eigenvalue weighted by atomic mass is 79.9. The molecule has 2 rings (SSSR count). The molecule has 0 saturated heterocycles. The molecule has 4 heteroatoms. The number of hydrogen-bond acceptors (Lipinski definition) is 2. The Labute approximate surface area is 126 Å². The molecule has 1 aromatic rings. The molecule has 1 nitrogen and oxygen atoms in total. The minimum absolute atomic E-state index is 0.231. The first-order valence-corrected chi connectivity index (χ1v) is 8.56. The third-order valence-corrected chi connectivity index (χ3v) is 5.46. The molecule has 0 aliphatic heterocycles. The first kappa shape index (κ1) is 15.0. The zero-order valence-electron chi connectivity index (χ0n) is 10.8. The molecule has 0 unspecified atom stereocenters. The van der Waals surface area contributed by atoms with Gasteiger partial charge in [0.05, 0.1) is 10.2 Å². The van der Waals surface area contributed by atoms with Crippen molar-refractivity contribution in [3.63, 3.8) is 0 Å². The second-order valence-electron chi connectivity index (χ2n) is 5.03. The fourth-order valence-corrected chi connectivity index (χ4v) is 3.99. The summed E-state index contributed by atoms with van der Waals surface area (Å²) < 4.78 is 13.5. The number of rotatable bonds is 5. The summed E-state index contributed by atoms with van der Waals surface area (Å²) in [4.78, 5) is 11.9. The SMILES string of the molecule is O=C(CSC1CCCCC1)Cc1ccc(F)c(Br)c1. The van der Waals surface area contributed by atoms with Crippen molar-refractivity contribution >= 4 is 33.5 Å². The molecule has 0 radical (unpaired) electrons. The van der Waals surface area contributed by atoms with Crippen molar-refractivity contribution in [1.82, 2.24) is 0 Å². The van der Waals surface area contributed by atoms with Crippen LogP contribution in [0.3, 0.4) is 0 Å². The van der Waals surface area contributed by atoms with Gasteiger partial charge in [0.1, 0.15) is 11.6 Å². The topological polar surface area (TPSA) is 17.1 Å². The number of thioether (sulfide) groups is 1. The average Bonchev–Trinajstić information content (AvgIpc) is 2.42. The molecule has 0 heterocycles. The van der Waals surface area contributed by atoms with E-state index in [9.17, 15) is 9.18 Å². The van der Waals surface area contributed by atoms with E-state index < -0.39 is 0 Å². The third kappa shape index (κ3) is 4.92. The number of carbonyl (C=O) groups is 1. The highest BCUT2D eigenvalue weighted by molar-refractivity contribution is 9.10. The molecule has 0 amide bonds. The molecule has 1 fully saturated rings. The zero-order chi connectivity index (χ0) is 13.7. The van der Waals surface area contributed by atoms with Crippen molar-refractivity contribution in [1.29, 1.82) is 0 Å². The monoisotopic (exact) mass is 344 g/mol. The molecule has 1 aromatic carbocycles. The second-order valence-corrected chi connectivity index (χ2v) is 7.18. The lowest BCUT2D eigenvalue weighted by atomic mass is 10.0. The van der Waals surface area contributed by atoms with E-state index in [0.717, 1.165) is 5.56 Å². The number of carbonyl (C=O) groups excluding carboxylic acids is 1. The lowest BCUT2D eigenvalue weighted by molar-refractivity contribution is -0.116. The summed E-state index contributed by atoms with van der Waals surface area (Å²) in [6.07, 6.45) is 6.85. The predicted molar refractivity (Wildman–Crippen MR) is 82.1 cm³/mol. The van der Waals surface area contributed by atoms with Gasteiger partial charge in [-0.25, -0.2) is 4.39 Å². The molecule has 0 N–H and O–H groups in total. The van der Waals surface area contributed by atoms with E-state index in [1.807, 2.05) is 0 Å². The fourth-order valence-electron chi connectivity index (χ4n) is 2.37. The number of ketones is 1. The van der Waals surface area contributed by atoms with Crippen LogP contribution in [0.1, 0.15) is 37.7 Å². The smallest absolute Gasteiger partial charge is 0.147 e. The molecule has 19 heavy (non-hydrogen) atoms. The Kier molecular flexibility index (Phi) is 5.89. The van der Waals surface area contributed by atoms with Crippen molar-refractivity contribution in [3.05, 3.63) is 34.1 Å². The molecule has 0 spiro atoms. The van der Waals surface area contributed by atoms with Gasteiger partial charge in [-0.3, -0.25) is 4.79 Å². The van der Waals surface area contributed by atoms with Crippen LogP contribution < -0.4 is 0 Å². The van der Waals surface area contributed by atoms with Crippen LogP contribution in [-0.2, 0) is 11.2 Å². The Morgan fingerprint density at radius 3 is 2.74 bits per heavy atom. The van der Waals surface area contributed by atoms with Gasteiger partial charge in [0.15, 0.2) is 0 Å². The Bertz CT molecular complexity index is 444. The van der Waals surface area contributed by atoms with Gasteiger partial charge in [0, 0.05) is 11.7 Å². The normalized spacial score (nSPS) is 16.5. The standard InChI is InChI=1S/C15H18BrFOS/c16-14-9-11(6-7-15(14)17)8-12(18)10-19-13-4-2-1-3-5-13/h6-7,9,13H,1-5,8,10H2. The van der Waals surface area contributed by atoms with E-state index in [1.165, 1.54) is 38.2 Å². The van der Waals surface area contributed by atoms with Gasteiger partial charge in [0.25, 0.3) is 0 Å². The Balaban J connectivity index is 1.78. The molecule has 1 aliphatic carbocycles. The van der Waals surface area contributed by atoms with Crippen LogP contribution in [0.2, 0.25) is 0 Å². The van der Waals surface area contributed by atoms with Gasteiger partial charge in [-0.2, -0.15) is 11.8 Å². The quantitative estimate of drug-likeness (QED) is 0.765. The maximum Gasteiger partial charge on any atom is 0.147 e. The Hall–Kier alpha value is -0.350. The van der Waals surface area contributed by atoms with Crippen LogP contribution in [0.5, 0.6) is 0 Å². The van der Waals surface area contributed by atoms with Crippen molar-refractivity contribution in [2.75, 3.05) is 5.75 Å². The van der Waals surface area contributed by atoms with E-state index in [2.05, 4.69) is 15.9 Å². The summed E-state index contributed by atoms with van der Waals surface area (Å²) in [7, 11) is 0. The van der Waals surface area contributed by atoms with Crippen molar-refractivity contribution in [2.24, 2.45) is 0 Å². The molecular formula is C15H18BrFOS. The average molecular weight is 345 g/mol. The highest BCUT2D eigenvalue weighted by Crippen LogP contribution is 2.28. The van der Waals surface area contributed by atoms with E-state index >= 15 is 0 Å². The van der Waals surface area contributed by atoms with Crippen LogP contribution in [0.15, 0.2) is 22.7 Å². The summed E-state index contributed by atoms with van der Waals surface area (Å²) in [6.45, 7) is 0. The van der Waals surface area contributed by atoms with Gasteiger partial charge in [-0.05, 0) is 46.5 Å². The maximum atomic E-state index is 13.1. The summed E-state index contributed by atoms with van der Waals surface area (Å²) in [5.74, 6) is 0.529. The minimum Gasteiger partial charge on any atom is -0.298 e. The highest BCUT2D eigenvalue weighted by Gasteiger charge is 2.15. The van der Waals surface area contributed by atoms with E-state index in [-0.39, 0.29) is 11.6 Å². The molecule has 104 valence electrons. The van der Waals surface area contributed by atoms with Gasteiger partial charge in [-0.15, -0.1) is 0 Å². The summed E-state index contributed by atoms with van der Waals surface area (Å²) in [5, 5.41) is 0.664. The molecule has 0 atom stereocenters. The van der Waals surface area contributed by atoms with E-state index in [1.54, 1.807) is 23.9 Å². The lowest BCUT2D eigenvalue weighted by Crippen LogP contribution is -2.13. The minimum atomic E-state index is -0.284. The number of benzene rings is 1. The van der Waals surface area contributed by atoms with Crippen LogP contribution in [0.25, 0.3) is 0 Å². The van der Waals surface area contributed by atoms with Gasteiger partial charge < -0.3 is 0 Å². The molecule has 1 saturated carbocycles. The number of Topliss-reactive ketones (excluding diaryl/α,β-unsaturated/α-hetero) is 1. The van der Waals surface area contributed by atoms with Crippen LogP contribution in [0.4, 0.5) is 4.39 Å². The summed E-state index contributed by atoms with van der Waals surface area (Å²) in [5.41, 5.74) is 0.877. The lowest BCUT2D eigenvalue weighted by Gasteiger charge is -2.20. The van der Waals surface area contributed by atoms with Gasteiger partial charge >= 0.3 is 0 Å². The summed E-state index contributed by atoms with van der Waals surface area (Å²) >= 11 is 4.94. The van der Waals surface area contributed by atoms with Crippen molar-refractivity contribution in [2.45, 2.75) is 43.8 Å². The second kappa shape index (κ2) is 7.44. The van der Waals surface area contributed by atoms with Crippen LogP contribution in [-0.4, -0.2) is 16.8 Å². The summed E-state index contributed by atoms with van der Waals surface area (Å²) in [6, 6.07) is 4.78. The van der Waals surface area contributed by atoms with Crippen LogP contribution in [0, 0.1) is 5.82 Å². The zero-order valence-corrected chi connectivity index (χ0v) is 13.2. The number of halogens is 2. The number of hydrogen-bond donors (Lipinski definition) is 0. The largest absolute Gasteiger partial charge is 0.298 e. The van der Waals surface area contributed by atoms with Gasteiger partial charge in [-0.1, -0.05) is 25.3 Å². The first-order valence-electron chi connectivity index (χ1n) is 6.72. The molecular weight excluding hydrogens is 327 g/mol. The molecule has 1 aliphatic rings. The van der Waals surface area contributed by atoms with Crippen molar-refractivity contribution in [3.8, 4) is 0 Å². The maximum absolute atomic E-state index is 13.1. The molecule has 0 bridgehead atoms. The van der Waals surface area contributed by atoms with E-state index in [4.69, 9.17) is 0 Å². The fraction of sp³-hybridized carbons (Fsp3) is 0.533. The first-order chi connectivity index (χ1) is 9.15. The Morgan fingerprint density at radius 1 is 1.32 bits per heavy atom. The predicted octanol–water partition coefficient (Wildman–Crippen LogP) is 4.77. The Morgan fingerprint density at radius 2 is 2.05 bits per heavy atom. The third-order valence-electron chi connectivity index (χ3n) is 3.42.